The van der Waals surface area contributed by atoms with E-state index in [9.17, 15) is 4.79 Å². The number of carbonyl (C=O) groups excluding carboxylic acids is 1. The number of nitrogens with zero attached hydrogens (tertiary/aromatic N) is 2. The van der Waals surface area contributed by atoms with Crippen molar-refractivity contribution in [2.24, 2.45) is 0 Å². The average Bonchev–Trinajstić information content (AvgIpc) is 3.50. The number of rotatable bonds is 2. The Balaban J connectivity index is 1.72. The molecule has 2 aromatic heterocycles. The van der Waals surface area contributed by atoms with Gasteiger partial charge in [-0.3, -0.25) is 4.79 Å². The highest BCUT2D eigenvalue weighted by atomic mass is 16.6. The summed E-state index contributed by atoms with van der Waals surface area (Å²) >= 11 is 0. The van der Waals surface area contributed by atoms with Gasteiger partial charge in [0.25, 0.3) is 0 Å². The first-order valence-electron chi connectivity index (χ1n) is 12.9. The first kappa shape index (κ1) is 20.9. The van der Waals surface area contributed by atoms with Crippen LogP contribution in [-0.2, 0) is 21.6 Å². The maximum absolute atomic E-state index is 13.5. The second-order valence-electron chi connectivity index (χ2n) is 10.9. The number of likely N-dealkylation sites (N-methyl/N-ethyl adjacent to an activating group) is 1. The predicted octanol–water partition coefficient (Wildman–Crippen LogP) is 5.55. The monoisotopic (exact) mass is 479 g/mol. The van der Waals surface area contributed by atoms with Crippen LogP contribution >= 0.6 is 0 Å². The van der Waals surface area contributed by atoms with Crippen LogP contribution in [0.25, 0.3) is 43.6 Å². The first-order valence-corrected chi connectivity index (χ1v) is 12.9. The second kappa shape index (κ2) is 6.76. The summed E-state index contributed by atoms with van der Waals surface area (Å²) in [7, 11) is 3.80. The summed E-state index contributed by atoms with van der Waals surface area (Å²) in [6.45, 7) is 4.32. The summed E-state index contributed by atoms with van der Waals surface area (Å²) < 4.78 is 18.1. The molecule has 3 aliphatic rings. The molecule has 1 N–H and O–H groups in total. The number of para-hydroxylation sites is 1. The standard InChI is InChI=1S/C30H29N3O3/c1-15-9-10-17-21(13-15)33-28-24(17)18-11-12-22(34)25(18)26-16-7-5-6-8-20(16)32(27(26)28)23-14-19(31-3)29(35-4)30(33,2)36-23/h5-10,13,19,23,29,31H,11-12,14H2,1-4H3/t19-,23-,29-,30+/m1/s1. The molecule has 36 heavy (non-hydrogen) atoms. The number of Topliss-reactive ketones (excluding diaryl/α,β-unsaturated/α-hetero) is 1. The van der Waals surface area contributed by atoms with Crippen LogP contribution in [-0.4, -0.2) is 41.2 Å². The lowest BCUT2D eigenvalue weighted by molar-refractivity contribution is -0.256. The van der Waals surface area contributed by atoms with E-state index in [0.717, 1.165) is 45.7 Å². The quantitative estimate of drug-likeness (QED) is 0.361. The molecule has 4 atom stereocenters. The van der Waals surface area contributed by atoms with Crippen LogP contribution in [0.2, 0.25) is 0 Å². The van der Waals surface area contributed by atoms with Gasteiger partial charge in [0.05, 0.1) is 22.1 Å². The molecule has 6 nitrogen and oxygen atoms in total. The van der Waals surface area contributed by atoms with E-state index < -0.39 is 5.72 Å². The second-order valence-corrected chi connectivity index (χ2v) is 10.9. The molecule has 2 aliphatic heterocycles. The summed E-state index contributed by atoms with van der Waals surface area (Å²) in [5.74, 6) is 0.255. The van der Waals surface area contributed by atoms with Crippen molar-refractivity contribution < 1.29 is 14.3 Å². The summed E-state index contributed by atoms with van der Waals surface area (Å²) in [6, 6.07) is 15.3. The minimum absolute atomic E-state index is 0.0927. The van der Waals surface area contributed by atoms with Gasteiger partial charge in [-0.2, -0.15) is 0 Å². The van der Waals surface area contributed by atoms with Gasteiger partial charge >= 0.3 is 0 Å². The lowest BCUT2D eigenvalue weighted by Crippen LogP contribution is -2.59. The Morgan fingerprint density at radius 1 is 1.06 bits per heavy atom. The van der Waals surface area contributed by atoms with E-state index in [1.165, 1.54) is 27.4 Å². The van der Waals surface area contributed by atoms with E-state index in [-0.39, 0.29) is 24.2 Å². The van der Waals surface area contributed by atoms with Crippen molar-refractivity contribution in [2.75, 3.05) is 14.2 Å². The molecule has 1 saturated heterocycles. The molecule has 0 saturated carbocycles. The van der Waals surface area contributed by atoms with Gasteiger partial charge in [0.2, 0.25) is 0 Å². The molecule has 6 heteroatoms. The molecular formula is C30H29N3O3. The number of ketones is 1. The van der Waals surface area contributed by atoms with Crippen LogP contribution < -0.4 is 5.32 Å². The van der Waals surface area contributed by atoms with Crippen molar-refractivity contribution in [1.29, 1.82) is 0 Å². The SMILES string of the molecule is CN[C@@H]1C[C@H]2O[C@@](C)([C@@H]1OC)n1c3cc(C)ccc3c3c4c(c5c6ccccc6n2c5c31)C(=O)CC4. The van der Waals surface area contributed by atoms with Crippen molar-refractivity contribution in [2.45, 2.75) is 57.2 Å². The fourth-order valence-electron chi connectivity index (χ4n) is 7.73. The molecule has 0 spiro atoms. The number of fused-ring (bicyclic) bond motifs is 13. The third-order valence-corrected chi connectivity index (χ3v) is 9.07. The van der Waals surface area contributed by atoms with Crippen molar-refractivity contribution in [3.8, 4) is 0 Å². The van der Waals surface area contributed by atoms with Crippen LogP contribution in [0.4, 0.5) is 0 Å². The normalized spacial score (nSPS) is 27.1. The van der Waals surface area contributed by atoms with Crippen LogP contribution in [0.15, 0.2) is 42.5 Å². The van der Waals surface area contributed by atoms with Crippen molar-refractivity contribution >= 4 is 49.4 Å². The van der Waals surface area contributed by atoms with E-state index in [1.807, 2.05) is 7.05 Å². The Hall–Kier alpha value is -3.19. The number of nitrogens with one attached hydrogen (secondary N) is 1. The van der Waals surface area contributed by atoms with Crippen molar-refractivity contribution in [3.63, 3.8) is 0 Å². The Kier molecular flexibility index (Phi) is 3.94. The Morgan fingerprint density at radius 2 is 1.86 bits per heavy atom. The fraction of sp³-hybridized carbons (Fsp3) is 0.367. The number of aryl methyl sites for hydroxylation is 2. The van der Waals surface area contributed by atoms with E-state index in [1.54, 1.807) is 7.11 Å². The predicted molar refractivity (Wildman–Crippen MR) is 142 cm³/mol. The third-order valence-electron chi connectivity index (χ3n) is 9.07. The Bertz CT molecular complexity index is 1790. The molecule has 2 bridgehead atoms. The topological polar surface area (TPSA) is 57.4 Å². The molecular weight excluding hydrogens is 450 g/mol. The van der Waals surface area contributed by atoms with Gasteiger partial charge < -0.3 is 23.9 Å². The van der Waals surface area contributed by atoms with Crippen LogP contribution in [0.1, 0.15) is 47.5 Å². The number of carbonyl (C=O) groups is 1. The third kappa shape index (κ3) is 2.23. The molecule has 3 aromatic carbocycles. The molecule has 0 unspecified atom stereocenters. The minimum atomic E-state index is -0.747. The number of aromatic nitrogens is 2. The average molecular weight is 480 g/mol. The van der Waals surface area contributed by atoms with Gasteiger partial charge in [-0.1, -0.05) is 30.3 Å². The van der Waals surface area contributed by atoms with E-state index in [0.29, 0.717) is 6.42 Å². The van der Waals surface area contributed by atoms with Gasteiger partial charge in [0.15, 0.2) is 11.5 Å². The van der Waals surface area contributed by atoms with E-state index >= 15 is 0 Å². The van der Waals surface area contributed by atoms with Gasteiger partial charge in [-0.25, -0.2) is 0 Å². The Morgan fingerprint density at radius 3 is 2.67 bits per heavy atom. The maximum Gasteiger partial charge on any atom is 0.173 e. The molecule has 182 valence electrons. The first-order chi connectivity index (χ1) is 17.5. The summed E-state index contributed by atoms with van der Waals surface area (Å²) in [5.41, 5.74) is 7.11. The number of hydrogen-bond donors (Lipinski definition) is 1. The molecule has 0 radical (unpaired) electrons. The number of benzene rings is 3. The number of ether oxygens (including phenoxy) is 2. The lowest BCUT2D eigenvalue weighted by atomic mass is 9.93. The van der Waals surface area contributed by atoms with Gasteiger partial charge in [-0.15, -0.1) is 0 Å². The zero-order valence-electron chi connectivity index (χ0n) is 21.0. The van der Waals surface area contributed by atoms with Crippen molar-refractivity contribution in [3.05, 3.63) is 59.2 Å². The summed E-state index contributed by atoms with van der Waals surface area (Å²) in [5, 5.41) is 8.15. The van der Waals surface area contributed by atoms with Gasteiger partial charge in [-0.05, 0) is 50.6 Å². The summed E-state index contributed by atoms with van der Waals surface area (Å²) in [4.78, 5) is 13.5. The maximum atomic E-state index is 13.5. The molecule has 1 aliphatic carbocycles. The largest absolute Gasteiger partial charge is 0.375 e. The number of methoxy groups -OCH3 is 1. The van der Waals surface area contributed by atoms with Crippen LogP contribution in [0.3, 0.4) is 0 Å². The smallest absolute Gasteiger partial charge is 0.173 e. The zero-order valence-corrected chi connectivity index (χ0v) is 21.0. The highest BCUT2D eigenvalue weighted by molar-refractivity contribution is 6.31. The van der Waals surface area contributed by atoms with Gasteiger partial charge in [0.1, 0.15) is 12.3 Å². The Labute approximate surface area is 208 Å². The molecule has 0 amide bonds. The molecule has 4 heterocycles. The minimum Gasteiger partial charge on any atom is -0.375 e. The van der Waals surface area contributed by atoms with Crippen molar-refractivity contribution in [1.82, 2.24) is 14.5 Å². The van der Waals surface area contributed by atoms with E-state index in [4.69, 9.17) is 9.47 Å². The highest BCUT2D eigenvalue weighted by Gasteiger charge is 2.53. The van der Waals surface area contributed by atoms with Crippen LogP contribution in [0.5, 0.6) is 0 Å². The fourth-order valence-corrected chi connectivity index (χ4v) is 7.73. The molecule has 1 fully saturated rings. The lowest BCUT2D eigenvalue weighted by Gasteiger charge is -2.48. The number of hydrogen-bond acceptors (Lipinski definition) is 4. The van der Waals surface area contributed by atoms with Gasteiger partial charge in [0, 0.05) is 53.1 Å². The molecule has 8 rings (SSSR count). The summed E-state index contributed by atoms with van der Waals surface area (Å²) in [6.07, 6.45) is 1.73. The van der Waals surface area contributed by atoms with E-state index in [2.05, 4.69) is 70.8 Å². The highest BCUT2D eigenvalue weighted by Crippen LogP contribution is 2.54. The molecule has 5 aromatic rings. The van der Waals surface area contributed by atoms with Crippen LogP contribution in [0, 0.1) is 6.92 Å². The zero-order chi connectivity index (χ0) is 24.5.